The van der Waals surface area contributed by atoms with E-state index in [4.69, 9.17) is 5.73 Å². The molecule has 0 spiro atoms. The first-order chi connectivity index (χ1) is 17.7. The maximum atomic E-state index is 10.7. The third-order valence-electron chi connectivity index (χ3n) is 7.62. The molecule has 2 nitrogen and oxygen atoms in total. The molecule has 0 aliphatic heterocycles. The Hall–Kier alpha value is -1.97. The Balaban J connectivity index is 0.000000199. The Kier molecular flexibility index (Phi) is 13.9. The zero-order valence-corrected chi connectivity index (χ0v) is 26.9. The van der Waals surface area contributed by atoms with Crippen LogP contribution in [0.3, 0.4) is 0 Å². The molecule has 3 atom stereocenters. The number of fused-ring (bicyclic) bond motifs is 5. The summed E-state index contributed by atoms with van der Waals surface area (Å²) in [5.74, 6) is 1.20. The van der Waals surface area contributed by atoms with Crippen molar-refractivity contribution in [2.45, 2.75) is 32.1 Å². The molecule has 39 heavy (non-hydrogen) atoms. The topological polar surface area (TPSA) is 40.9 Å². The van der Waals surface area contributed by atoms with Crippen LogP contribution in [0.2, 0.25) is 0 Å². The van der Waals surface area contributed by atoms with Gasteiger partial charge in [0, 0.05) is 5.92 Å². The van der Waals surface area contributed by atoms with Crippen molar-refractivity contribution in [2.24, 2.45) is 17.8 Å². The molecule has 197 valence electrons. The van der Waals surface area contributed by atoms with Crippen LogP contribution in [0.4, 0.5) is 0 Å². The maximum Gasteiger partial charge on any atom is 4.00 e. The summed E-state index contributed by atoms with van der Waals surface area (Å²) in [6, 6.07) is 39.4. The summed E-state index contributed by atoms with van der Waals surface area (Å²) < 4.78 is 0. The van der Waals surface area contributed by atoms with E-state index >= 15 is 0 Å². The van der Waals surface area contributed by atoms with Crippen molar-refractivity contribution in [3.8, 4) is 11.1 Å². The maximum absolute atomic E-state index is 10.7. The number of amides is 1. The molecule has 1 radical (unpaired) electrons. The van der Waals surface area contributed by atoms with E-state index in [9.17, 15) is 4.79 Å². The van der Waals surface area contributed by atoms with Gasteiger partial charge in [-0.15, -0.1) is 5.56 Å². The molecule has 3 aliphatic carbocycles. The van der Waals surface area contributed by atoms with Gasteiger partial charge >= 0.3 is 26.2 Å². The molecule has 1 N–H and O–H groups in total. The molecule has 2 bridgehead atoms. The minimum absolute atomic E-state index is 0. The van der Waals surface area contributed by atoms with E-state index in [0.717, 1.165) is 18.8 Å². The minimum atomic E-state index is -0.313. The molecular weight excluding hydrogens is 617 g/mol. The van der Waals surface area contributed by atoms with Gasteiger partial charge in [-0.25, -0.2) is 0 Å². The molecule has 0 aromatic heterocycles. The van der Waals surface area contributed by atoms with E-state index in [2.05, 4.69) is 103 Å². The SMILES string of the molecule is [Cl-].[Cl-].[NH-]C(=O)C1CC2CCC1C2.[Zr+4].[c-]1cccc2c1Cc1ccccc1-2.c1ccc([SiH]c2ccccc2)cc1. The second-order valence-electron chi connectivity index (χ2n) is 10.0. The number of carbonyl (C=O) groups is 1. The Bertz CT molecular complexity index is 1220. The first kappa shape index (κ1) is 33.2. The van der Waals surface area contributed by atoms with Crippen molar-refractivity contribution in [2.75, 3.05) is 0 Å². The van der Waals surface area contributed by atoms with Gasteiger partial charge in [-0.2, -0.15) is 29.8 Å². The standard InChI is InChI=1S/C13H9.C12H11Si.C8H13NO.2ClH.Zr/c1-3-7-12-10(5-1)9-11-6-2-4-8-13(11)12;1-3-7-11(8-4-1)13-12-9-5-2-6-10-12;9-8(10)7-4-5-1-2-6(7)3-5;;;/h1-5,7-8H,9H2;1-10,13H;5-7H,1-4H2,(H2,9,10);2*1H;/q-1;;;;;+4/p-3. The van der Waals surface area contributed by atoms with Crippen LogP contribution in [0.15, 0.2) is 103 Å². The molecule has 0 heterocycles. The quantitative estimate of drug-likeness (QED) is 0.203. The Labute approximate surface area is 267 Å². The van der Waals surface area contributed by atoms with Crippen molar-refractivity contribution in [3.05, 3.63) is 126 Å². The van der Waals surface area contributed by atoms with E-state index in [1.807, 2.05) is 6.07 Å². The molecule has 0 saturated heterocycles. The molecule has 2 fully saturated rings. The van der Waals surface area contributed by atoms with Crippen LogP contribution in [0.25, 0.3) is 16.9 Å². The summed E-state index contributed by atoms with van der Waals surface area (Å²) >= 11 is 0. The predicted octanol–water partition coefficient (Wildman–Crippen LogP) is 0.139. The molecule has 7 rings (SSSR count). The van der Waals surface area contributed by atoms with Crippen LogP contribution in [0.5, 0.6) is 0 Å². The van der Waals surface area contributed by atoms with E-state index < -0.39 is 0 Å². The molecule has 1 amide bonds. The van der Waals surface area contributed by atoms with E-state index in [0.29, 0.717) is 5.92 Å². The van der Waals surface area contributed by atoms with Gasteiger partial charge in [-0.1, -0.05) is 113 Å². The van der Waals surface area contributed by atoms with Crippen molar-refractivity contribution >= 4 is 25.8 Å². The van der Waals surface area contributed by atoms with Crippen molar-refractivity contribution < 1.29 is 55.8 Å². The first-order valence-electron chi connectivity index (χ1n) is 13.0. The van der Waals surface area contributed by atoms with Crippen molar-refractivity contribution in [1.29, 1.82) is 0 Å². The zero-order chi connectivity index (χ0) is 24.7. The van der Waals surface area contributed by atoms with Gasteiger partial charge in [-0.3, -0.25) is 0 Å². The van der Waals surface area contributed by atoms with Gasteiger partial charge in [0.15, 0.2) is 0 Å². The largest absolute Gasteiger partial charge is 4.00 e. The van der Waals surface area contributed by atoms with Gasteiger partial charge in [0.2, 0.25) is 0 Å². The summed E-state index contributed by atoms with van der Waals surface area (Å²) in [5.41, 5.74) is 12.5. The summed E-state index contributed by atoms with van der Waals surface area (Å²) in [6.07, 6.45) is 5.82. The van der Waals surface area contributed by atoms with Crippen LogP contribution < -0.4 is 35.2 Å². The summed E-state index contributed by atoms with van der Waals surface area (Å²) in [5, 5.41) is 2.90. The van der Waals surface area contributed by atoms with Gasteiger partial charge in [0.25, 0.3) is 0 Å². The third-order valence-corrected chi connectivity index (χ3v) is 9.06. The summed E-state index contributed by atoms with van der Waals surface area (Å²) in [4.78, 5) is 10.7. The summed E-state index contributed by atoms with van der Waals surface area (Å²) in [6.45, 7) is 0. The van der Waals surface area contributed by atoms with Gasteiger partial charge in [0.05, 0.1) is 5.91 Å². The van der Waals surface area contributed by atoms with Crippen LogP contribution in [0, 0.1) is 23.8 Å². The second kappa shape index (κ2) is 16.3. The number of nitrogens with one attached hydrogen (secondary N) is 1. The second-order valence-corrected chi connectivity index (χ2v) is 11.6. The number of hydrogen-bond donors (Lipinski definition) is 0. The number of rotatable bonds is 3. The van der Waals surface area contributed by atoms with Gasteiger partial charge < -0.3 is 35.3 Å². The van der Waals surface area contributed by atoms with Crippen LogP contribution in [-0.2, 0) is 37.4 Å². The number of carbonyl (C=O) groups excluding carboxylic acids is 1. The molecule has 6 heteroatoms. The minimum Gasteiger partial charge on any atom is -1.00 e. The average Bonchev–Trinajstić information content (AvgIpc) is 3.65. The van der Waals surface area contributed by atoms with Gasteiger partial charge in [0.1, 0.15) is 9.52 Å². The number of halogens is 2. The average molecular weight is 649 g/mol. The molecule has 4 aromatic carbocycles. The fourth-order valence-corrected chi connectivity index (χ4v) is 7.07. The third kappa shape index (κ3) is 8.76. The number of hydrogen-bond acceptors (Lipinski definition) is 1. The normalized spacial score (nSPS) is 18.7. The van der Waals surface area contributed by atoms with Crippen molar-refractivity contribution in [3.63, 3.8) is 0 Å². The number of benzene rings is 4. The smallest absolute Gasteiger partial charge is 1.00 e. The molecule has 4 aromatic rings. The Morgan fingerprint density at radius 3 is 1.87 bits per heavy atom. The Morgan fingerprint density at radius 2 is 1.33 bits per heavy atom. The van der Waals surface area contributed by atoms with E-state index in [1.165, 1.54) is 51.9 Å². The predicted molar refractivity (Wildman–Crippen MR) is 151 cm³/mol. The fraction of sp³-hybridized carbons (Fsp3) is 0.242. The van der Waals surface area contributed by atoms with E-state index in [1.54, 1.807) is 0 Å². The van der Waals surface area contributed by atoms with Crippen LogP contribution in [0.1, 0.15) is 36.8 Å². The van der Waals surface area contributed by atoms with E-state index in [-0.39, 0.29) is 72.4 Å². The molecule has 2 saturated carbocycles. The van der Waals surface area contributed by atoms with Crippen LogP contribution >= 0.6 is 0 Å². The monoisotopic (exact) mass is 646 g/mol. The van der Waals surface area contributed by atoms with Crippen LogP contribution in [-0.4, -0.2) is 15.4 Å². The summed E-state index contributed by atoms with van der Waals surface area (Å²) in [7, 11) is 0.271. The molecule has 3 aliphatic rings. The molecular formula is C33H32Cl2NOSiZr. The first-order valence-corrected chi connectivity index (χ1v) is 14.1. The van der Waals surface area contributed by atoms with Crippen molar-refractivity contribution in [1.82, 2.24) is 0 Å². The van der Waals surface area contributed by atoms with Gasteiger partial charge in [-0.05, 0) is 37.5 Å². The molecule has 3 unspecified atom stereocenters. The fourth-order valence-electron chi connectivity index (χ4n) is 5.85. The Morgan fingerprint density at radius 1 is 0.744 bits per heavy atom. The zero-order valence-electron chi connectivity index (χ0n) is 21.8.